The molecule has 3 aliphatic carbocycles. The molecule has 2 saturated carbocycles. The molecule has 2 spiro atoms. The van der Waals surface area contributed by atoms with Gasteiger partial charge in [0.25, 0.3) is 0 Å². The van der Waals surface area contributed by atoms with Gasteiger partial charge in [-0.15, -0.1) is 0 Å². The van der Waals surface area contributed by atoms with E-state index in [2.05, 4.69) is 36.2 Å². The van der Waals surface area contributed by atoms with Crippen molar-refractivity contribution in [3.63, 3.8) is 0 Å². The number of Topliss-reactive ketones (excluding diaryl/α,β-unsaturated/α-hetero) is 2. The molecule has 1 heterocycles. The summed E-state index contributed by atoms with van der Waals surface area (Å²) in [6, 6.07) is 10.4. The second-order valence-electron chi connectivity index (χ2n) is 8.10. The van der Waals surface area contributed by atoms with Gasteiger partial charge < -0.3 is 0 Å². The first-order valence-corrected chi connectivity index (χ1v) is 9.17. The van der Waals surface area contributed by atoms with Gasteiger partial charge in [0.2, 0.25) is 0 Å². The Hall–Kier alpha value is -2.29. The van der Waals surface area contributed by atoms with Gasteiger partial charge in [0.1, 0.15) is 11.6 Å². The van der Waals surface area contributed by atoms with Crippen LogP contribution in [0.2, 0.25) is 0 Å². The van der Waals surface area contributed by atoms with Gasteiger partial charge in [0.15, 0.2) is 0 Å². The standard InChI is InChI=1S/C22H21NO2/c1-14-5-2-7-16-19(14)21(11-15-6-4-10-23-20(15)16)12-18(25)22(13-21)9-3-8-17(22)24/h2,4-7,10H,3,8-9,11-13H2,1H3. The van der Waals surface area contributed by atoms with Crippen molar-refractivity contribution in [1.29, 1.82) is 0 Å². The molecule has 0 N–H and O–H groups in total. The van der Waals surface area contributed by atoms with Gasteiger partial charge in [-0.2, -0.15) is 0 Å². The van der Waals surface area contributed by atoms with Gasteiger partial charge in [-0.25, -0.2) is 0 Å². The third kappa shape index (κ3) is 1.84. The molecule has 0 aliphatic heterocycles. The minimum atomic E-state index is -0.709. The molecule has 0 radical (unpaired) electrons. The smallest absolute Gasteiger partial charge is 0.147 e. The maximum Gasteiger partial charge on any atom is 0.147 e. The molecule has 5 rings (SSSR count). The molecule has 3 nitrogen and oxygen atoms in total. The number of ketones is 2. The monoisotopic (exact) mass is 331 g/mol. The highest BCUT2D eigenvalue weighted by Gasteiger charge is 2.61. The van der Waals surface area contributed by atoms with Crippen LogP contribution in [0.4, 0.5) is 0 Å². The molecule has 0 bridgehead atoms. The molecular weight excluding hydrogens is 310 g/mol. The molecule has 1 aromatic carbocycles. The molecule has 0 amide bonds. The number of hydrogen-bond donors (Lipinski definition) is 0. The number of carbonyl (C=O) groups is 2. The molecule has 2 atom stereocenters. The lowest BCUT2D eigenvalue weighted by atomic mass is 9.64. The van der Waals surface area contributed by atoms with Crippen molar-refractivity contribution in [2.75, 3.05) is 0 Å². The highest BCUT2D eigenvalue weighted by Crippen LogP contribution is 2.59. The van der Waals surface area contributed by atoms with Crippen LogP contribution in [0, 0.1) is 12.3 Å². The first-order chi connectivity index (χ1) is 12.1. The van der Waals surface area contributed by atoms with Crippen molar-refractivity contribution in [2.45, 2.75) is 50.9 Å². The first-order valence-electron chi connectivity index (χ1n) is 9.17. The largest absolute Gasteiger partial charge is 0.299 e. The quantitative estimate of drug-likeness (QED) is 0.687. The molecule has 25 heavy (non-hydrogen) atoms. The van der Waals surface area contributed by atoms with Crippen molar-refractivity contribution >= 4 is 11.6 Å². The van der Waals surface area contributed by atoms with E-state index in [1.807, 2.05) is 12.3 Å². The Morgan fingerprint density at radius 3 is 2.72 bits per heavy atom. The summed E-state index contributed by atoms with van der Waals surface area (Å²) in [6.45, 7) is 2.13. The van der Waals surface area contributed by atoms with Crippen LogP contribution in [-0.2, 0) is 21.4 Å². The van der Waals surface area contributed by atoms with Gasteiger partial charge >= 0.3 is 0 Å². The van der Waals surface area contributed by atoms with E-state index in [1.54, 1.807) is 0 Å². The van der Waals surface area contributed by atoms with Crippen LogP contribution in [0.3, 0.4) is 0 Å². The van der Waals surface area contributed by atoms with Crippen LogP contribution >= 0.6 is 0 Å². The number of fused-ring (bicyclic) bond motifs is 4. The van der Waals surface area contributed by atoms with Crippen molar-refractivity contribution in [3.05, 3.63) is 53.2 Å². The fraction of sp³-hybridized carbons (Fsp3) is 0.409. The van der Waals surface area contributed by atoms with Crippen LogP contribution in [-0.4, -0.2) is 16.6 Å². The highest BCUT2D eigenvalue weighted by atomic mass is 16.2. The van der Waals surface area contributed by atoms with Crippen molar-refractivity contribution in [3.8, 4) is 11.3 Å². The first kappa shape index (κ1) is 15.0. The summed E-state index contributed by atoms with van der Waals surface area (Å²) in [6.07, 6.45) is 6.00. The highest BCUT2D eigenvalue weighted by molar-refractivity contribution is 6.10. The Balaban J connectivity index is 1.75. The molecule has 0 saturated heterocycles. The predicted octanol–water partition coefficient (Wildman–Crippen LogP) is 3.95. The summed E-state index contributed by atoms with van der Waals surface area (Å²) in [7, 11) is 0. The lowest BCUT2D eigenvalue weighted by Crippen LogP contribution is -2.34. The minimum absolute atomic E-state index is 0.177. The molecule has 2 fully saturated rings. The van der Waals surface area contributed by atoms with Crippen LogP contribution < -0.4 is 0 Å². The lowest BCUT2D eigenvalue weighted by Gasteiger charge is -2.38. The average molecular weight is 331 g/mol. The number of carbonyl (C=O) groups excluding carboxylic acids is 2. The van der Waals surface area contributed by atoms with E-state index in [0.717, 1.165) is 30.5 Å². The lowest BCUT2D eigenvalue weighted by molar-refractivity contribution is -0.136. The maximum atomic E-state index is 13.1. The average Bonchev–Trinajstić information content (AvgIpc) is 3.09. The SMILES string of the molecule is Cc1cccc2c1C1(CC(=O)C3(CCCC3=O)C1)Cc1cccnc1-2. The Labute approximate surface area is 147 Å². The topological polar surface area (TPSA) is 47.0 Å². The van der Waals surface area contributed by atoms with E-state index in [4.69, 9.17) is 0 Å². The Kier molecular flexibility index (Phi) is 2.92. The number of aryl methyl sites for hydroxylation is 1. The molecular formula is C22H21NO2. The van der Waals surface area contributed by atoms with Gasteiger partial charge in [-0.05, 0) is 55.4 Å². The summed E-state index contributed by atoms with van der Waals surface area (Å²) in [4.78, 5) is 30.4. The van der Waals surface area contributed by atoms with Crippen LogP contribution in [0.5, 0.6) is 0 Å². The van der Waals surface area contributed by atoms with E-state index in [9.17, 15) is 9.59 Å². The van der Waals surface area contributed by atoms with E-state index >= 15 is 0 Å². The van der Waals surface area contributed by atoms with Crippen molar-refractivity contribution in [1.82, 2.24) is 4.98 Å². The zero-order valence-corrected chi connectivity index (χ0v) is 14.5. The summed E-state index contributed by atoms with van der Waals surface area (Å²) in [5.41, 5.74) is 4.91. The van der Waals surface area contributed by atoms with Crippen LogP contribution in [0.25, 0.3) is 11.3 Å². The maximum absolute atomic E-state index is 13.1. The van der Waals surface area contributed by atoms with E-state index < -0.39 is 5.41 Å². The van der Waals surface area contributed by atoms with Crippen LogP contribution in [0.1, 0.15) is 48.8 Å². The normalized spacial score (nSPS) is 30.1. The van der Waals surface area contributed by atoms with Crippen molar-refractivity contribution < 1.29 is 9.59 Å². The minimum Gasteiger partial charge on any atom is -0.299 e. The second kappa shape index (κ2) is 4.87. The Morgan fingerprint density at radius 2 is 1.92 bits per heavy atom. The van der Waals surface area contributed by atoms with Crippen LogP contribution in [0.15, 0.2) is 36.5 Å². The van der Waals surface area contributed by atoms with E-state index in [-0.39, 0.29) is 17.0 Å². The number of pyridine rings is 1. The fourth-order valence-electron chi connectivity index (χ4n) is 5.77. The summed E-state index contributed by atoms with van der Waals surface area (Å²) < 4.78 is 0. The number of aromatic nitrogens is 1. The number of hydrogen-bond acceptors (Lipinski definition) is 3. The zero-order valence-electron chi connectivity index (χ0n) is 14.5. The van der Waals surface area contributed by atoms with E-state index in [1.165, 1.54) is 16.7 Å². The van der Waals surface area contributed by atoms with Gasteiger partial charge in [0.05, 0.1) is 11.1 Å². The summed E-state index contributed by atoms with van der Waals surface area (Å²) in [5, 5.41) is 0. The number of rotatable bonds is 0. The number of nitrogens with zero attached hydrogens (tertiary/aromatic N) is 1. The predicted molar refractivity (Wildman–Crippen MR) is 95.3 cm³/mol. The fourth-order valence-corrected chi connectivity index (χ4v) is 5.77. The van der Waals surface area contributed by atoms with Gasteiger partial charge in [-0.3, -0.25) is 14.6 Å². The third-order valence-electron chi connectivity index (χ3n) is 6.69. The summed E-state index contributed by atoms with van der Waals surface area (Å²) >= 11 is 0. The Morgan fingerprint density at radius 1 is 1.04 bits per heavy atom. The molecule has 3 heteroatoms. The molecule has 3 aliphatic rings. The number of benzene rings is 1. The Bertz CT molecular complexity index is 931. The van der Waals surface area contributed by atoms with E-state index in [0.29, 0.717) is 19.3 Å². The van der Waals surface area contributed by atoms with Gasteiger partial charge in [0, 0.05) is 30.0 Å². The summed E-state index contributed by atoms with van der Waals surface area (Å²) in [5.74, 6) is 0.359. The molecule has 1 aromatic heterocycles. The molecule has 2 aromatic rings. The molecule has 126 valence electrons. The van der Waals surface area contributed by atoms with Crippen molar-refractivity contribution in [2.24, 2.45) is 5.41 Å². The third-order valence-corrected chi connectivity index (χ3v) is 6.69. The molecule has 2 unspecified atom stereocenters. The van der Waals surface area contributed by atoms with Gasteiger partial charge in [-0.1, -0.05) is 24.3 Å². The second-order valence-corrected chi connectivity index (χ2v) is 8.10. The zero-order chi connectivity index (χ0) is 17.2.